The smallest absolute Gasteiger partial charge is 0.0628 e. The molecule has 0 saturated carbocycles. The number of aromatic amines is 1. The molecule has 14 heavy (non-hydrogen) atoms. The maximum absolute atomic E-state index is 4.19. The second-order valence-corrected chi connectivity index (χ2v) is 3.40. The zero-order valence-corrected chi connectivity index (χ0v) is 8.20. The molecule has 0 fully saturated rings. The molecule has 2 aromatic heterocycles. The maximum atomic E-state index is 4.19. The van der Waals surface area contributed by atoms with Crippen molar-refractivity contribution in [2.75, 3.05) is 0 Å². The summed E-state index contributed by atoms with van der Waals surface area (Å²) in [5.41, 5.74) is 3.49. The molecule has 0 atom stereocenters. The van der Waals surface area contributed by atoms with E-state index in [-0.39, 0.29) is 0 Å². The highest BCUT2D eigenvalue weighted by atomic mass is 15.1. The Bertz CT molecular complexity index is 392. The van der Waals surface area contributed by atoms with Crippen molar-refractivity contribution in [2.24, 2.45) is 0 Å². The molecular weight excluding hydrogens is 174 g/mol. The summed E-state index contributed by atoms with van der Waals surface area (Å²) in [5, 5.41) is 7.12. The van der Waals surface area contributed by atoms with Gasteiger partial charge < -0.3 is 0 Å². The first kappa shape index (κ1) is 8.94. The van der Waals surface area contributed by atoms with Crippen LogP contribution in [0.25, 0.3) is 0 Å². The summed E-state index contributed by atoms with van der Waals surface area (Å²) in [4.78, 5) is 4.07. The van der Waals surface area contributed by atoms with Gasteiger partial charge in [0.1, 0.15) is 0 Å². The number of aromatic nitrogens is 3. The second-order valence-electron chi connectivity index (χ2n) is 3.40. The highest BCUT2D eigenvalue weighted by molar-refractivity contribution is 5.13. The molecular formula is C11H13N3. The van der Waals surface area contributed by atoms with Gasteiger partial charge in [0.15, 0.2) is 0 Å². The fraction of sp³-hybridized carbons (Fsp3) is 0.273. The van der Waals surface area contributed by atoms with Gasteiger partial charge in [0.05, 0.1) is 5.69 Å². The van der Waals surface area contributed by atoms with Gasteiger partial charge in [-0.2, -0.15) is 5.10 Å². The Balaban J connectivity index is 1.95. The molecule has 0 spiro atoms. The molecule has 0 aliphatic rings. The van der Waals surface area contributed by atoms with Crippen molar-refractivity contribution in [1.29, 1.82) is 0 Å². The lowest BCUT2D eigenvalue weighted by Crippen LogP contribution is -1.91. The van der Waals surface area contributed by atoms with Crippen molar-refractivity contribution in [2.45, 2.75) is 19.8 Å². The number of pyridine rings is 1. The summed E-state index contributed by atoms with van der Waals surface area (Å²) in [7, 11) is 0. The summed E-state index contributed by atoms with van der Waals surface area (Å²) in [5.74, 6) is 0. The van der Waals surface area contributed by atoms with Gasteiger partial charge in [-0.1, -0.05) is 6.07 Å². The monoisotopic (exact) mass is 187 g/mol. The van der Waals surface area contributed by atoms with Crippen LogP contribution in [0.1, 0.15) is 17.0 Å². The number of rotatable bonds is 3. The third-order valence-electron chi connectivity index (χ3n) is 2.15. The van der Waals surface area contributed by atoms with E-state index in [1.54, 1.807) is 6.20 Å². The third kappa shape index (κ3) is 2.19. The van der Waals surface area contributed by atoms with Crippen molar-refractivity contribution in [3.8, 4) is 0 Å². The lowest BCUT2D eigenvalue weighted by atomic mass is 10.1. The highest BCUT2D eigenvalue weighted by Gasteiger charge is 1.98. The lowest BCUT2D eigenvalue weighted by molar-refractivity contribution is 0.885. The quantitative estimate of drug-likeness (QED) is 0.797. The predicted molar refractivity (Wildman–Crippen MR) is 55.0 cm³/mol. The first-order chi connectivity index (χ1) is 6.84. The average molecular weight is 187 g/mol. The van der Waals surface area contributed by atoms with Crippen LogP contribution >= 0.6 is 0 Å². The second kappa shape index (κ2) is 4.05. The van der Waals surface area contributed by atoms with Gasteiger partial charge in [0.25, 0.3) is 0 Å². The molecule has 3 nitrogen and oxygen atoms in total. The fourth-order valence-corrected chi connectivity index (χ4v) is 1.42. The van der Waals surface area contributed by atoms with Gasteiger partial charge in [-0.3, -0.25) is 10.1 Å². The van der Waals surface area contributed by atoms with E-state index in [1.165, 1.54) is 5.56 Å². The fourth-order valence-electron chi connectivity index (χ4n) is 1.42. The van der Waals surface area contributed by atoms with Crippen LogP contribution in [-0.2, 0) is 12.8 Å². The van der Waals surface area contributed by atoms with Gasteiger partial charge >= 0.3 is 0 Å². The van der Waals surface area contributed by atoms with E-state index >= 15 is 0 Å². The first-order valence-electron chi connectivity index (χ1n) is 4.74. The Morgan fingerprint density at radius 1 is 1.36 bits per heavy atom. The van der Waals surface area contributed by atoms with Crippen molar-refractivity contribution < 1.29 is 0 Å². The van der Waals surface area contributed by atoms with Gasteiger partial charge in [0, 0.05) is 18.1 Å². The lowest BCUT2D eigenvalue weighted by Gasteiger charge is -1.96. The minimum atomic E-state index is 0.968. The van der Waals surface area contributed by atoms with E-state index in [1.807, 2.05) is 19.2 Å². The molecule has 3 heteroatoms. The minimum Gasteiger partial charge on any atom is -0.283 e. The molecule has 2 aromatic rings. The zero-order chi connectivity index (χ0) is 9.80. The normalized spacial score (nSPS) is 10.4. The SMILES string of the molecule is Cc1cc(CCc2cccnc2)n[nH]1. The summed E-state index contributed by atoms with van der Waals surface area (Å²) in [6.45, 7) is 2.01. The molecule has 0 radical (unpaired) electrons. The maximum Gasteiger partial charge on any atom is 0.0628 e. The van der Waals surface area contributed by atoms with Crippen LogP contribution in [0.5, 0.6) is 0 Å². The Morgan fingerprint density at radius 2 is 2.29 bits per heavy atom. The average Bonchev–Trinajstić information content (AvgIpc) is 2.63. The number of aryl methyl sites for hydroxylation is 3. The predicted octanol–water partition coefficient (Wildman–Crippen LogP) is 1.90. The molecule has 0 amide bonds. The Morgan fingerprint density at radius 3 is 2.93 bits per heavy atom. The molecule has 0 bridgehead atoms. The Hall–Kier alpha value is -1.64. The van der Waals surface area contributed by atoms with E-state index in [2.05, 4.69) is 27.3 Å². The van der Waals surface area contributed by atoms with Gasteiger partial charge in [-0.05, 0) is 37.5 Å². The molecule has 0 aliphatic heterocycles. The molecule has 0 aliphatic carbocycles. The molecule has 0 saturated heterocycles. The summed E-state index contributed by atoms with van der Waals surface area (Å²) in [6.07, 6.45) is 5.66. The number of nitrogens with zero attached hydrogens (tertiary/aromatic N) is 2. The highest BCUT2D eigenvalue weighted by Crippen LogP contribution is 2.04. The van der Waals surface area contributed by atoms with E-state index in [0.717, 1.165) is 24.2 Å². The van der Waals surface area contributed by atoms with E-state index in [4.69, 9.17) is 0 Å². The van der Waals surface area contributed by atoms with Crippen LogP contribution in [0.15, 0.2) is 30.6 Å². The summed E-state index contributed by atoms with van der Waals surface area (Å²) < 4.78 is 0. The minimum absolute atomic E-state index is 0.968. The third-order valence-corrected chi connectivity index (χ3v) is 2.15. The number of H-pyrrole nitrogens is 1. The standard InChI is InChI=1S/C11H13N3/c1-9-7-11(14-13-9)5-4-10-3-2-6-12-8-10/h2-3,6-8H,4-5H2,1H3,(H,13,14). The van der Waals surface area contributed by atoms with Crippen LogP contribution in [0.2, 0.25) is 0 Å². The number of hydrogen-bond donors (Lipinski definition) is 1. The van der Waals surface area contributed by atoms with E-state index in [9.17, 15) is 0 Å². The summed E-state index contributed by atoms with van der Waals surface area (Å²) >= 11 is 0. The molecule has 72 valence electrons. The Labute approximate surface area is 83.2 Å². The topological polar surface area (TPSA) is 41.6 Å². The summed E-state index contributed by atoms with van der Waals surface area (Å²) in [6, 6.07) is 6.13. The van der Waals surface area contributed by atoms with Crippen molar-refractivity contribution in [3.63, 3.8) is 0 Å². The van der Waals surface area contributed by atoms with Crippen molar-refractivity contribution >= 4 is 0 Å². The number of nitrogens with one attached hydrogen (secondary N) is 1. The van der Waals surface area contributed by atoms with Crippen LogP contribution < -0.4 is 0 Å². The van der Waals surface area contributed by atoms with Crippen LogP contribution in [0.4, 0.5) is 0 Å². The Kier molecular flexibility index (Phi) is 2.58. The molecule has 1 N–H and O–H groups in total. The van der Waals surface area contributed by atoms with E-state index in [0.29, 0.717) is 0 Å². The largest absolute Gasteiger partial charge is 0.283 e. The van der Waals surface area contributed by atoms with Gasteiger partial charge in [0.2, 0.25) is 0 Å². The van der Waals surface area contributed by atoms with Crippen molar-refractivity contribution in [3.05, 3.63) is 47.5 Å². The molecule has 0 unspecified atom stereocenters. The van der Waals surface area contributed by atoms with Gasteiger partial charge in [-0.15, -0.1) is 0 Å². The van der Waals surface area contributed by atoms with Crippen LogP contribution in [0.3, 0.4) is 0 Å². The van der Waals surface area contributed by atoms with Crippen molar-refractivity contribution in [1.82, 2.24) is 15.2 Å². The molecule has 2 heterocycles. The number of hydrogen-bond acceptors (Lipinski definition) is 2. The van der Waals surface area contributed by atoms with E-state index < -0.39 is 0 Å². The molecule has 2 rings (SSSR count). The van der Waals surface area contributed by atoms with Crippen LogP contribution in [-0.4, -0.2) is 15.2 Å². The zero-order valence-electron chi connectivity index (χ0n) is 8.20. The van der Waals surface area contributed by atoms with Crippen LogP contribution in [0, 0.1) is 6.92 Å². The van der Waals surface area contributed by atoms with Gasteiger partial charge in [-0.25, -0.2) is 0 Å². The first-order valence-corrected chi connectivity index (χ1v) is 4.74. The molecule has 0 aromatic carbocycles.